The average Bonchev–Trinajstić information content (AvgIpc) is 2.49. The van der Waals surface area contributed by atoms with Gasteiger partial charge in [0.05, 0.1) is 0 Å². The standard InChI is InChI=1S/C16H32N4OS/c1-12(2)10-17-16(18-11-15(21)20(3)4)19-13-7-6-8-14(9-13)22-5/h12-14H,6-11H2,1-5H3,(H2,17,18,19). The highest BCUT2D eigenvalue weighted by Crippen LogP contribution is 2.26. The van der Waals surface area contributed by atoms with Gasteiger partial charge in [0.15, 0.2) is 5.96 Å². The minimum atomic E-state index is 0.0243. The molecule has 0 aromatic heterocycles. The third-order valence-electron chi connectivity index (χ3n) is 3.85. The summed E-state index contributed by atoms with van der Waals surface area (Å²) in [4.78, 5) is 17.8. The number of amides is 1. The van der Waals surface area contributed by atoms with E-state index in [2.05, 4.69) is 35.7 Å². The van der Waals surface area contributed by atoms with Crippen LogP contribution in [0.15, 0.2) is 4.99 Å². The normalized spacial score (nSPS) is 22.5. The van der Waals surface area contributed by atoms with Gasteiger partial charge in [-0.3, -0.25) is 4.79 Å². The van der Waals surface area contributed by atoms with Gasteiger partial charge in [0.1, 0.15) is 6.54 Å². The van der Waals surface area contributed by atoms with Crippen molar-refractivity contribution in [2.75, 3.05) is 33.4 Å². The molecule has 0 bridgehead atoms. The first kappa shape index (κ1) is 19.1. The molecule has 2 atom stereocenters. The number of nitrogens with zero attached hydrogens (tertiary/aromatic N) is 2. The van der Waals surface area contributed by atoms with Gasteiger partial charge in [-0.25, -0.2) is 4.99 Å². The Morgan fingerprint density at radius 1 is 1.36 bits per heavy atom. The highest BCUT2D eigenvalue weighted by atomic mass is 32.2. The van der Waals surface area contributed by atoms with Gasteiger partial charge in [-0.15, -0.1) is 0 Å². The maximum atomic E-state index is 11.7. The molecule has 0 spiro atoms. The van der Waals surface area contributed by atoms with Crippen molar-refractivity contribution >= 4 is 23.6 Å². The van der Waals surface area contributed by atoms with E-state index in [0.29, 0.717) is 12.0 Å². The van der Waals surface area contributed by atoms with Crippen LogP contribution in [-0.2, 0) is 4.79 Å². The van der Waals surface area contributed by atoms with Crippen LogP contribution < -0.4 is 10.6 Å². The highest BCUT2D eigenvalue weighted by Gasteiger charge is 2.22. The summed E-state index contributed by atoms with van der Waals surface area (Å²) in [6.45, 7) is 5.39. The van der Waals surface area contributed by atoms with E-state index in [1.54, 1.807) is 19.0 Å². The molecule has 1 aliphatic rings. The van der Waals surface area contributed by atoms with E-state index in [4.69, 9.17) is 0 Å². The first-order valence-corrected chi connectivity index (χ1v) is 9.49. The summed E-state index contributed by atoms with van der Waals surface area (Å²) < 4.78 is 0. The number of hydrogen-bond donors (Lipinski definition) is 2. The van der Waals surface area contributed by atoms with Crippen molar-refractivity contribution in [3.63, 3.8) is 0 Å². The predicted octanol–water partition coefficient (Wildman–Crippen LogP) is 1.94. The number of carbonyl (C=O) groups excluding carboxylic acids is 1. The number of rotatable bonds is 6. The molecule has 2 unspecified atom stereocenters. The quantitative estimate of drug-likeness (QED) is 0.578. The summed E-state index contributed by atoms with van der Waals surface area (Å²) in [6.07, 6.45) is 7.11. The second-order valence-electron chi connectivity index (χ2n) is 6.59. The molecule has 1 amide bonds. The molecule has 22 heavy (non-hydrogen) atoms. The van der Waals surface area contributed by atoms with Crippen molar-refractivity contribution in [3.05, 3.63) is 0 Å². The Hall–Kier alpha value is -0.910. The zero-order chi connectivity index (χ0) is 16.5. The first-order valence-electron chi connectivity index (χ1n) is 8.20. The smallest absolute Gasteiger partial charge is 0.243 e. The summed E-state index contributed by atoms with van der Waals surface area (Å²) >= 11 is 1.96. The van der Waals surface area contributed by atoms with E-state index < -0.39 is 0 Å². The van der Waals surface area contributed by atoms with E-state index >= 15 is 0 Å². The first-order chi connectivity index (χ1) is 10.4. The van der Waals surface area contributed by atoms with E-state index in [9.17, 15) is 4.79 Å². The Morgan fingerprint density at radius 2 is 2.09 bits per heavy atom. The molecular formula is C16H32N4OS. The summed E-state index contributed by atoms with van der Waals surface area (Å²) in [5, 5.41) is 7.62. The van der Waals surface area contributed by atoms with Gasteiger partial charge in [0, 0.05) is 31.9 Å². The van der Waals surface area contributed by atoms with Crippen LogP contribution in [0.4, 0.5) is 0 Å². The molecule has 0 aliphatic heterocycles. The SMILES string of the molecule is CSC1CCCC(NC(=NCC(=O)N(C)C)NCC(C)C)C1. The Bertz CT molecular complexity index is 371. The van der Waals surface area contributed by atoms with Crippen LogP contribution in [0.2, 0.25) is 0 Å². The molecule has 5 nitrogen and oxygen atoms in total. The lowest BCUT2D eigenvalue weighted by Crippen LogP contribution is -2.47. The topological polar surface area (TPSA) is 56.7 Å². The Kier molecular flexibility index (Phi) is 8.68. The molecule has 0 radical (unpaired) electrons. The van der Waals surface area contributed by atoms with Gasteiger partial charge in [-0.05, 0) is 31.4 Å². The predicted molar refractivity (Wildman–Crippen MR) is 96.5 cm³/mol. The Labute approximate surface area is 139 Å². The van der Waals surface area contributed by atoms with Gasteiger partial charge in [0.25, 0.3) is 0 Å². The summed E-state index contributed by atoms with van der Waals surface area (Å²) in [5.41, 5.74) is 0. The molecule has 128 valence electrons. The van der Waals surface area contributed by atoms with Crippen molar-refractivity contribution in [2.45, 2.75) is 50.8 Å². The van der Waals surface area contributed by atoms with Crippen LogP contribution in [0.3, 0.4) is 0 Å². The molecule has 0 saturated heterocycles. The van der Waals surface area contributed by atoms with Crippen molar-refractivity contribution in [1.29, 1.82) is 0 Å². The fraction of sp³-hybridized carbons (Fsp3) is 0.875. The lowest BCUT2D eigenvalue weighted by molar-refractivity contribution is -0.127. The van der Waals surface area contributed by atoms with E-state index in [1.165, 1.54) is 25.7 Å². The zero-order valence-electron chi connectivity index (χ0n) is 14.7. The number of aliphatic imine (C=N–C) groups is 1. The van der Waals surface area contributed by atoms with Gasteiger partial charge >= 0.3 is 0 Å². The van der Waals surface area contributed by atoms with E-state index in [0.717, 1.165) is 17.8 Å². The maximum Gasteiger partial charge on any atom is 0.243 e. The average molecular weight is 329 g/mol. The third kappa shape index (κ3) is 7.38. The molecule has 1 rings (SSSR count). The summed E-state index contributed by atoms with van der Waals surface area (Å²) in [6, 6.07) is 0.457. The number of likely N-dealkylation sites (N-methyl/N-ethyl adjacent to an activating group) is 1. The summed E-state index contributed by atoms with van der Waals surface area (Å²) in [5.74, 6) is 1.34. The molecule has 1 fully saturated rings. The Morgan fingerprint density at radius 3 is 2.68 bits per heavy atom. The van der Waals surface area contributed by atoms with Gasteiger partial charge in [-0.1, -0.05) is 20.3 Å². The highest BCUT2D eigenvalue weighted by molar-refractivity contribution is 7.99. The molecule has 1 saturated carbocycles. The van der Waals surface area contributed by atoms with Crippen LogP contribution in [0.25, 0.3) is 0 Å². The van der Waals surface area contributed by atoms with Crippen molar-refractivity contribution in [3.8, 4) is 0 Å². The van der Waals surface area contributed by atoms with Gasteiger partial charge in [-0.2, -0.15) is 11.8 Å². The number of thioether (sulfide) groups is 1. The maximum absolute atomic E-state index is 11.7. The zero-order valence-corrected chi connectivity index (χ0v) is 15.5. The fourth-order valence-electron chi connectivity index (χ4n) is 2.42. The Balaban J connectivity index is 2.60. The number of guanidine groups is 1. The van der Waals surface area contributed by atoms with E-state index in [1.807, 2.05) is 11.8 Å². The minimum absolute atomic E-state index is 0.0243. The minimum Gasteiger partial charge on any atom is -0.356 e. The molecule has 0 aromatic carbocycles. The second-order valence-corrected chi connectivity index (χ2v) is 7.73. The van der Waals surface area contributed by atoms with Crippen molar-refractivity contribution in [2.24, 2.45) is 10.9 Å². The van der Waals surface area contributed by atoms with Crippen molar-refractivity contribution in [1.82, 2.24) is 15.5 Å². The molecule has 0 aromatic rings. The molecular weight excluding hydrogens is 296 g/mol. The number of nitrogens with one attached hydrogen (secondary N) is 2. The molecule has 2 N–H and O–H groups in total. The molecule has 1 aliphatic carbocycles. The molecule has 0 heterocycles. The summed E-state index contributed by atoms with van der Waals surface area (Å²) in [7, 11) is 3.52. The monoisotopic (exact) mass is 328 g/mol. The van der Waals surface area contributed by atoms with Crippen molar-refractivity contribution < 1.29 is 4.79 Å². The van der Waals surface area contributed by atoms with Gasteiger partial charge in [0.2, 0.25) is 5.91 Å². The fourth-order valence-corrected chi connectivity index (χ4v) is 3.25. The van der Waals surface area contributed by atoms with Gasteiger partial charge < -0.3 is 15.5 Å². The van der Waals surface area contributed by atoms with Crippen LogP contribution in [0.1, 0.15) is 39.5 Å². The number of carbonyl (C=O) groups is 1. The molecule has 6 heteroatoms. The lowest BCUT2D eigenvalue weighted by Gasteiger charge is -2.30. The van der Waals surface area contributed by atoms with Crippen LogP contribution >= 0.6 is 11.8 Å². The van der Waals surface area contributed by atoms with Crippen LogP contribution in [-0.4, -0.2) is 61.5 Å². The number of hydrogen-bond acceptors (Lipinski definition) is 3. The van der Waals surface area contributed by atoms with Crippen LogP contribution in [0, 0.1) is 5.92 Å². The van der Waals surface area contributed by atoms with Crippen LogP contribution in [0.5, 0.6) is 0 Å². The lowest BCUT2D eigenvalue weighted by atomic mass is 9.95. The van der Waals surface area contributed by atoms with E-state index in [-0.39, 0.29) is 12.5 Å². The largest absolute Gasteiger partial charge is 0.356 e. The second kappa shape index (κ2) is 9.98. The third-order valence-corrected chi connectivity index (χ3v) is 4.94.